The number of carbonyl (C=O) groups excluding carboxylic acids is 2. The third-order valence-electron chi connectivity index (χ3n) is 8.28. The van der Waals surface area contributed by atoms with E-state index in [-0.39, 0.29) is 18.0 Å². The number of nitrogens with zero attached hydrogens (tertiary/aromatic N) is 4. The van der Waals surface area contributed by atoms with Crippen molar-refractivity contribution in [1.82, 2.24) is 19.8 Å². The topological polar surface area (TPSA) is 103 Å². The Bertz CT molecular complexity index is 1550. The van der Waals surface area contributed by atoms with E-state index >= 15 is 0 Å². The average molecular weight is 539 g/mol. The van der Waals surface area contributed by atoms with Crippen molar-refractivity contribution in [2.24, 2.45) is 0 Å². The van der Waals surface area contributed by atoms with Crippen LogP contribution in [0.5, 0.6) is 0 Å². The van der Waals surface area contributed by atoms with Gasteiger partial charge in [0.15, 0.2) is 0 Å². The molecule has 40 heavy (non-hydrogen) atoms. The molecule has 4 heterocycles. The van der Waals surface area contributed by atoms with Gasteiger partial charge in [0.25, 0.3) is 5.91 Å². The lowest BCUT2D eigenvalue weighted by Crippen LogP contribution is -2.44. The van der Waals surface area contributed by atoms with Crippen LogP contribution in [-0.2, 0) is 6.54 Å². The molecule has 0 radical (unpaired) electrons. The molecule has 3 N–H and O–H groups in total. The number of rotatable bonds is 6. The highest BCUT2D eigenvalue weighted by atomic mass is 16.3. The third kappa shape index (κ3) is 5.05. The molecule has 1 unspecified atom stereocenters. The first-order valence-corrected chi connectivity index (χ1v) is 13.8. The van der Waals surface area contributed by atoms with E-state index in [2.05, 4.69) is 26.6 Å². The number of anilines is 3. The third-order valence-corrected chi connectivity index (χ3v) is 8.28. The molecular weight excluding hydrogens is 504 g/mol. The Labute approximate surface area is 233 Å². The summed E-state index contributed by atoms with van der Waals surface area (Å²) < 4.78 is 1.58. The molecule has 2 aliphatic rings. The number of piperidine rings is 1. The first-order chi connectivity index (χ1) is 19.4. The fourth-order valence-electron chi connectivity index (χ4n) is 6.20. The van der Waals surface area contributed by atoms with Gasteiger partial charge in [-0.25, -0.2) is 9.78 Å². The zero-order valence-electron chi connectivity index (χ0n) is 22.7. The lowest BCUT2D eigenvalue weighted by Gasteiger charge is -2.37. The van der Waals surface area contributed by atoms with E-state index in [1.165, 1.54) is 0 Å². The van der Waals surface area contributed by atoms with Gasteiger partial charge in [-0.05, 0) is 73.7 Å². The summed E-state index contributed by atoms with van der Waals surface area (Å²) >= 11 is 0. The molecule has 9 heteroatoms. The molecule has 2 saturated heterocycles. The van der Waals surface area contributed by atoms with Crippen LogP contribution in [0.4, 0.5) is 22.0 Å². The van der Waals surface area contributed by atoms with Crippen molar-refractivity contribution in [1.29, 1.82) is 0 Å². The predicted octanol–water partition coefficient (Wildman–Crippen LogP) is 4.73. The summed E-state index contributed by atoms with van der Waals surface area (Å²) in [5, 5.41) is 16.7. The van der Waals surface area contributed by atoms with Gasteiger partial charge >= 0.3 is 6.03 Å². The maximum atomic E-state index is 13.2. The number of aliphatic hydroxyl groups excluding tert-OH is 1. The summed E-state index contributed by atoms with van der Waals surface area (Å²) in [4.78, 5) is 34.2. The summed E-state index contributed by atoms with van der Waals surface area (Å²) in [5.74, 6) is 0.262. The molecule has 2 aromatic carbocycles. The van der Waals surface area contributed by atoms with Gasteiger partial charge in [0.1, 0.15) is 5.82 Å². The van der Waals surface area contributed by atoms with Crippen molar-refractivity contribution in [2.75, 3.05) is 24.3 Å². The van der Waals surface area contributed by atoms with Crippen LogP contribution in [0.15, 0.2) is 73.1 Å². The standard InChI is InChI=1S/C31H34N6O3/c1-32-31(40)36-13-11-21-15-23(8-9-28(21)36)35(2)24-10-12-33-29(18-24)34-30(39)22-5-3-4-20(14-22)19-37-25-6-7-26(37)17-27(38)16-25/h3-5,8-15,18,25-27,38H,6-7,16-17,19H2,1-2H3,(H,32,40)(H,33,34,39)/t25-,26+,27?. The zero-order chi connectivity index (χ0) is 27.8. The zero-order valence-corrected chi connectivity index (χ0v) is 22.7. The Morgan fingerprint density at radius 3 is 2.58 bits per heavy atom. The fraction of sp³-hybridized carbons (Fsp3) is 0.323. The molecule has 2 fully saturated rings. The summed E-state index contributed by atoms with van der Waals surface area (Å²) in [6, 6.07) is 20.0. The minimum atomic E-state index is -0.205. The number of benzene rings is 2. The molecule has 2 aromatic heterocycles. The van der Waals surface area contributed by atoms with Gasteiger partial charge in [-0.3, -0.25) is 14.3 Å². The van der Waals surface area contributed by atoms with E-state index in [0.717, 1.165) is 60.1 Å². The van der Waals surface area contributed by atoms with Crippen molar-refractivity contribution in [2.45, 2.75) is 50.4 Å². The van der Waals surface area contributed by atoms with Crippen LogP contribution in [0.1, 0.15) is 41.6 Å². The summed E-state index contributed by atoms with van der Waals surface area (Å²) in [6.07, 6.45) is 7.19. The van der Waals surface area contributed by atoms with Crippen molar-refractivity contribution in [3.05, 3.63) is 84.2 Å². The number of aliphatic hydroxyl groups is 1. The SMILES string of the molecule is CNC(=O)n1ccc2cc(N(C)c3ccnc(NC(=O)c4cccc(CN5[C@@H]6CC[C@H]5CC(O)C6)c4)c3)ccc21. The molecule has 0 saturated carbocycles. The van der Waals surface area contributed by atoms with Gasteiger partial charge in [-0.2, -0.15) is 0 Å². The van der Waals surface area contributed by atoms with Gasteiger partial charge in [0, 0.05) is 73.5 Å². The average Bonchev–Trinajstić information content (AvgIpc) is 3.49. The van der Waals surface area contributed by atoms with Crippen molar-refractivity contribution >= 4 is 40.0 Å². The molecule has 2 amide bonds. The highest BCUT2D eigenvalue weighted by molar-refractivity contribution is 6.04. The van der Waals surface area contributed by atoms with Crippen LogP contribution in [0.2, 0.25) is 0 Å². The molecule has 9 nitrogen and oxygen atoms in total. The largest absolute Gasteiger partial charge is 0.393 e. The molecule has 0 aliphatic carbocycles. The van der Waals surface area contributed by atoms with Crippen molar-refractivity contribution in [3.63, 3.8) is 0 Å². The van der Waals surface area contributed by atoms with Crippen LogP contribution in [0.25, 0.3) is 10.9 Å². The maximum Gasteiger partial charge on any atom is 0.325 e. The van der Waals surface area contributed by atoms with E-state index in [1.807, 2.05) is 66.5 Å². The van der Waals surface area contributed by atoms with Gasteiger partial charge in [-0.1, -0.05) is 12.1 Å². The number of amides is 2. The number of hydrogen-bond donors (Lipinski definition) is 3. The van der Waals surface area contributed by atoms with Crippen LogP contribution >= 0.6 is 0 Å². The molecule has 6 rings (SSSR count). The van der Waals surface area contributed by atoms with E-state index in [4.69, 9.17) is 0 Å². The smallest absolute Gasteiger partial charge is 0.325 e. The summed E-state index contributed by atoms with van der Waals surface area (Å²) in [7, 11) is 3.56. The number of hydrogen-bond acceptors (Lipinski definition) is 6. The molecule has 3 atom stereocenters. The van der Waals surface area contributed by atoms with E-state index < -0.39 is 0 Å². The van der Waals surface area contributed by atoms with Crippen LogP contribution < -0.4 is 15.5 Å². The van der Waals surface area contributed by atoms with Gasteiger partial charge < -0.3 is 20.6 Å². The molecule has 2 aliphatic heterocycles. The predicted molar refractivity (Wildman–Crippen MR) is 156 cm³/mol. The molecule has 0 spiro atoms. The van der Waals surface area contributed by atoms with Gasteiger partial charge in [0.2, 0.25) is 0 Å². The second-order valence-electron chi connectivity index (χ2n) is 10.8. The Morgan fingerprint density at radius 2 is 1.80 bits per heavy atom. The number of fused-ring (bicyclic) bond motifs is 3. The highest BCUT2D eigenvalue weighted by Gasteiger charge is 2.39. The van der Waals surface area contributed by atoms with Crippen molar-refractivity contribution < 1.29 is 14.7 Å². The summed E-state index contributed by atoms with van der Waals surface area (Å²) in [6.45, 7) is 0.790. The quantitative estimate of drug-likeness (QED) is 0.328. The lowest BCUT2D eigenvalue weighted by molar-refractivity contribution is 0.0310. The first-order valence-electron chi connectivity index (χ1n) is 13.8. The lowest BCUT2D eigenvalue weighted by atomic mass is 9.98. The van der Waals surface area contributed by atoms with Crippen LogP contribution in [0.3, 0.4) is 0 Å². The second kappa shape index (κ2) is 10.7. The first kappa shape index (κ1) is 26.0. The highest BCUT2D eigenvalue weighted by Crippen LogP contribution is 2.37. The van der Waals surface area contributed by atoms with E-state index in [0.29, 0.717) is 23.5 Å². The normalized spacial score (nSPS) is 20.4. The summed E-state index contributed by atoms with van der Waals surface area (Å²) in [5.41, 5.74) is 4.33. The van der Waals surface area contributed by atoms with E-state index in [9.17, 15) is 14.7 Å². The Balaban J connectivity index is 1.15. The minimum absolute atomic E-state index is 0.186. The van der Waals surface area contributed by atoms with Gasteiger partial charge in [0.05, 0.1) is 11.6 Å². The van der Waals surface area contributed by atoms with E-state index in [1.54, 1.807) is 24.0 Å². The Kier molecular flexibility index (Phi) is 7.00. The molecule has 206 valence electrons. The number of carbonyl (C=O) groups is 2. The maximum absolute atomic E-state index is 13.2. The second-order valence-corrected chi connectivity index (χ2v) is 10.8. The Hall–Kier alpha value is -4.21. The minimum Gasteiger partial charge on any atom is -0.393 e. The van der Waals surface area contributed by atoms with Gasteiger partial charge in [-0.15, -0.1) is 0 Å². The fourth-order valence-corrected chi connectivity index (χ4v) is 6.20. The number of pyridine rings is 1. The van der Waals surface area contributed by atoms with Crippen LogP contribution in [0, 0.1) is 0 Å². The molecular formula is C31H34N6O3. The van der Waals surface area contributed by atoms with Crippen molar-refractivity contribution in [3.8, 4) is 0 Å². The molecule has 4 aromatic rings. The van der Waals surface area contributed by atoms with Crippen LogP contribution in [-0.4, -0.2) is 63.8 Å². The number of aromatic nitrogens is 2. The number of nitrogens with one attached hydrogen (secondary N) is 2. The Morgan fingerprint density at radius 1 is 1.02 bits per heavy atom. The monoisotopic (exact) mass is 538 g/mol. The molecule has 2 bridgehead atoms.